The van der Waals surface area contributed by atoms with Gasteiger partial charge < -0.3 is 20.1 Å². The highest BCUT2D eigenvalue weighted by atomic mass is 35.5. The molecule has 0 saturated carbocycles. The maximum Gasteiger partial charge on any atom is 0.252 e. The number of piperidine rings is 1. The molecule has 1 heterocycles. The molecule has 1 aliphatic heterocycles. The summed E-state index contributed by atoms with van der Waals surface area (Å²) in [5.41, 5.74) is 0.330. The molecule has 1 aromatic carbocycles. The highest BCUT2D eigenvalue weighted by Gasteiger charge is 2.39. The van der Waals surface area contributed by atoms with E-state index in [4.69, 9.17) is 9.47 Å². The summed E-state index contributed by atoms with van der Waals surface area (Å²) in [5.74, 6) is 1.30. The minimum Gasteiger partial charge on any atom is -0.493 e. The standard InChI is InChI=1S/C18H28N2O3.ClH/c1-14(2)13-23-16-6-4-5-15(11-16)12-20-17(21)18(22-3)7-9-19-10-8-18;/h4-6,11,14,19H,7-10,12-13H2,1-3H3,(H,20,21);1H. The van der Waals surface area contributed by atoms with Crippen LogP contribution in [0, 0.1) is 5.92 Å². The van der Waals surface area contributed by atoms with E-state index in [2.05, 4.69) is 24.5 Å². The summed E-state index contributed by atoms with van der Waals surface area (Å²) in [4.78, 5) is 12.5. The van der Waals surface area contributed by atoms with Gasteiger partial charge in [-0.25, -0.2) is 0 Å². The van der Waals surface area contributed by atoms with Crippen molar-refractivity contribution in [3.05, 3.63) is 29.8 Å². The van der Waals surface area contributed by atoms with Crippen molar-refractivity contribution in [3.8, 4) is 5.75 Å². The van der Waals surface area contributed by atoms with Crippen LogP contribution in [0.2, 0.25) is 0 Å². The fraction of sp³-hybridized carbons (Fsp3) is 0.611. The van der Waals surface area contributed by atoms with Crippen LogP contribution in [-0.2, 0) is 16.1 Å². The highest BCUT2D eigenvalue weighted by molar-refractivity contribution is 5.85. The minimum absolute atomic E-state index is 0. The van der Waals surface area contributed by atoms with Crippen molar-refractivity contribution in [2.24, 2.45) is 5.92 Å². The predicted octanol–water partition coefficient (Wildman–Crippen LogP) is 2.53. The Bertz CT molecular complexity index is 517. The zero-order valence-corrected chi connectivity index (χ0v) is 15.6. The summed E-state index contributed by atoms with van der Waals surface area (Å²) in [6.45, 7) is 7.02. The maximum absolute atomic E-state index is 12.5. The Morgan fingerprint density at radius 1 is 1.33 bits per heavy atom. The Kier molecular flexibility index (Phi) is 8.53. The third-order valence-corrected chi connectivity index (χ3v) is 4.15. The molecule has 5 nitrogen and oxygen atoms in total. The van der Waals surface area contributed by atoms with Gasteiger partial charge in [-0.2, -0.15) is 0 Å². The van der Waals surface area contributed by atoms with Gasteiger partial charge in [-0.05, 0) is 49.5 Å². The lowest BCUT2D eigenvalue weighted by Gasteiger charge is -2.34. The first kappa shape index (κ1) is 20.7. The summed E-state index contributed by atoms with van der Waals surface area (Å²) in [6.07, 6.45) is 1.40. The van der Waals surface area contributed by atoms with E-state index in [-0.39, 0.29) is 18.3 Å². The van der Waals surface area contributed by atoms with Crippen molar-refractivity contribution in [3.63, 3.8) is 0 Å². The summed E-state index contributed by atoms with van der Waals surface area (Å²) < 4.78 is 11.3. The Labute approximate surface area is 150 Å². The third kappa shape index (κ3) is 5.65. The number of carbonyl (C=O) groups is 1. The molecule has 0 spiro atoms. The van der Waals surface area contributed by atoms with Gasteiger partial charge in [0.15, 0.2) is 0 Å². The number of hydrogen-bond donors (Lipinski definition) is 2. The van der Waals surface area contributed by atoms with E-state index in [1.165, 1.54) is 0 Å². The van der Waals surface area contributed by atoms with E-state index in [1.807, 2.05) is 24.3 Å². The maximum atomic E-state index is 12.5. The molecule has 0 radical (unpaired) electrons. The Morgan fingerprint density at radius 3 is 2.67 bits per heavy atom. The molecule has 136 valence electrons. The summed E-state index contributed by atoms with van der Waals surface area (Å²) in [6, 6.07) is 7.86. The SMILES string of the molecule is COC1(C(=O)NCc2cccc(OCC(C)C)c2)CCNCC1.Cl. The van der Waals surface area contributed by atoms with E-state index >= 15 is 0 Å². The molecule has 1 saturated heterocycles. The zero-order valence-electron chi connectivity index (χ0n) is 14.8. The fourth-order valence-electron chi connectivity index (χ4n) is 2.71. The number of rotatable bonds is 7. The van der Waals surface area contributed by atoms with Crippen LogP contribution in [0.25, 0.3) is 0 Å². The monoisotopic (exact) mass is 356 g/mol. The number of methoxy groups -OCH3 is 1. The number of halogens is 1. The number of amides is 1. The molecule has 6 heteroatoms. The van der Waals surface area contributed by atoms with Crippen molar-refractivity contribution >= 4 is 18.3 Å². The van der Waals surface area contributed by atoms with E-state index in [0.29, 0.717) is 31.9 Å². The molecular formula is C18H29ClN2O3. The van der Waals surface area contributed by atoms with E-state index in [1.54, 1.807) is 7.11 Å². The molecule has 0 aliphatic carbocycles. The molecule has 1 aromatic rings. The lowest BCUT2D eigenvalue weighted by Crippen LogP contribution is -2.53. The van der Waals surface area contributed by atoms with Crippen molar-refractivity contribution < 1.29 is 14.3 Å². The van der Waals surface area contributed by atoms with E-state index in [0.717, 1.165) is 24.4 Å². The van der Waals surface area contributed by atoms with E-state index in [9.17, 15) is 4.79 Å². The van der Waals surface area contributed by atoms with E-state index < -0.39 is 5.60 Å². The summed E-state index contributed by atoms with van der Waals surface area (Å²) >= 11 is 0. The fourth-order valence-corrected chi connectivity index (χ4v) is 2.71. The van der Waals surface area contributed by atoms with Gasteiger partial charge in [0.05, 0.1) is 6.61 Å². The Balaban J connectivity index is 0.00000288. The van der Waals surface area contributed by atoms with Gasteiger partial charge in [-0.3, -0.25) is 4.79 Å². The second-order valence-corrected chi connectivity index (χ2v) is 6.48. The second-order valence-electron chi connectivity index (χ2n) is 6.48. The molecule has 1 aliphatic rings. The zero-order chi connectivity index (χ0) is 16.7. The van der Waals surface area contributed by atoms with Crippen LogP contribution in [0.5, 0.6) is 5.75 Å². The lowest BCUT2D eigenvalue weighted by molar-refractivity contribution is -0.146. The molecule has 0 atom stereocenters. The molecule has 0 aromatic heterocycles. The van der Waals surface area contributed by atoms with Crippen molar-refractivity contribution in [1.29, 1.82) is 0 Å². The lowest BCUT2D eigenvalue weighted by atomic mass is 9.91. The third-order valence-electron chi connectivity index (χ3n) is 4.15. The van der Waals surface area contributed by atoms with Crippen LogP contribution < -0.4 is 15.4 Å². The van der Waals surface area contributed by atoms with Gasteiger partial charge in [0.1, 0.15) is 11.4 Å². The van der Waals surface area contributed by atoms with Gasteiger partial charge in [0.25, 0.3) is 5.91 Å². The van der Waals surface area contributed by atoms with Crippen LogP contribution >= 0.6 is 12.4 Å². The molecule has 0 unspecified atom stereocenters. The van der Waals surface area contributed by atoms with Crippen molar-refractivity contribution in [2.45, 2.75) is 38.8 Å². The average molecular weight is 357 g/mol. The van der Waals surface area contributed by atoms with Crippen LogP contribution in [0.3, 0.4) is 0 Å². The second kappa shape index (κ2) is 9.87. The number of carbonyl (C=O) groups excluding carboxylic acids is 1. The Hall–Kier alpha value is -1.30. The first-order chi connectivity index (χ1) is 11.1. The van der Waals surface area contributed by atoms with Gasteiger partial charge in [0, 0.05) is 13.7 Å². The quantitative estimate of drug-likeness (QED) is 0.788. The minimum atomic E-state index is -0.697. The smallest absolute Gasteiger partial charge is 0.252 e. The predicted molar refractivity (Wildman–Crippen MR) is 97.7 cm³/mol. The van der Waals surface area contributed by atoms with Gasteiger partial charge in [-0.15, -0.1) is 12.4 Å². The van der Waals surface area contributed by atoms with Crippen LogP contribution in [0.1, 0.15) is 32.3 Å². The molecule has 1 fully saturated rings. The molecular weight excluding hydrogens is 328 g/mol. The van der Waals surface area contributed by atoms with Crippen LogP contribution in [-0.4, -0.2) is 38.3 Å². The largest absolute Gasteiger partial charge is 0.493 e. The molecule has 0 bridgehead atoms. The Morgan fingerprint density at radius 2 is 2.04 bits per heavy atom. The summed E-state index contributed by atoms with van der Waals surface area (Å²) in [7, 11) is 1.62. The first-order valence-corrected chi connectivity index (χ1v) is 8.31. The number of benzene rings is 1. The molecule has 2 N–H and O–H groups in total. The number of hydrogen-bond acceptors (Lipinski definition) is 4. The van der Waals surface area contributed by atoms with Crippen molar-refractivity contribution in [1.82, 2.24) is 10.6 Å². The molecule has 24 heavy (non-hydrogen) atoms. The van der Waals surface area contributed by atoms with Gasteiger partial charge in [0.2, 0.25) is 0 Å². The first-order valence-electron chi connectivity index (χ1n) is 8.31. The topological polar surface area (TPSA) is 59.6 Å². The highest BCUT2D eigenvalue weighted by Crippen LogP contribution is 2.23. The normalized spacial score (nSPS) is 16.3. The number of ether oxygens (including phenoxy) is 2. The van der Waals surface area contributed by atoms with Gasteiger partial charge in [-0.1, -0.05) is 26.0 Å². The number of nitrogens with one attached hydrogen (secondary N) is 2. The van der Waals surface area contributed by atoms with Crippen molar-refractivity contribution in [2.75, 3.05) is 26.8 Å². The summed E-state index contributed by atoms with van der Waals surface area (Å²) in [5, 5.41) is 6.26. The van der Waals surface area contributed by atoms with Crippen LogP contribution in [0.15, 0.2) is 24.3 Å². The average Bonchev–Trinajstić information content (AvgIpc) is 2.58. The molecule has 2 rings (SSSR count). The van der Waals surface area contributed by atoms with Crippen LogP contribution in [0.4, 0.5) is 0 Å². The van der Waals surface area contributed by atoms with Gasteiger partial charge >= 0.3 is 0 Å². The molecule has 1 amide bonds.